The van der Waals surface area contributed by atoms with Crippen molar-refractivity contribution in [3.8, 4) is 11.8 Å². The van der Waals surface area contributed by atoms with E-state index in [1.54, 1.807) is 0 Å². The first-order valence-corrected chi connectivity index (χ1v) is 7.63. The standard InChI is InChI=1S/C19H17ClN2/c1-15-14-22(19-13-6-5-11-17(19)20)21-18(15)12-7-10-16-8-3-2-4-9-16/h2-6,8-9,11,13,21H,12,14H2,1H3. The van der Waals surface area contributed by atoms with E-state index in [2.05, 4.69) is 29.2 Å². The SMILES string of the molecule is CC1=C(CC#Cc2ccccc2)NN(c2ccccc2Cl)C1. The summed E-state index contributed by atoms with van der Waals surface area (Å²) in [6.45, 7) is 2.95. The first-order chi connectivity index (χ1) is 10.7. The zero-order valence-corrected chi connectivity index (χ0v) is 13.2. The fourth-order valence-corrected chi connectivity index (χ4v) is 2.63. The molecule has 1 heterocycles. The van der Waals surface area contributed by atoms with Crippen LogP contribution >= 0.6 is 11.6 Å². The molecule has 1 aliphatic heterocycles. The number of anilines is 1. The van der Waals surface area contributed by atoms with Crippen LogP contribution in [0.15, 0.2) is 65.9 Å². The summed E-state index contributed by atoms with van der Waals surface area (Å²) < 4.78 is 0. The molecule has 2 nitrogen and oxygen atoms in total. The van der Waals surface area contributed by atoms with Gasteiger partial charge in [-0.1, -0.05) is 53.8 Å². The van der Waals surface area contributed by atoms with Crippen LogP contribution in [0.5, 0.6) is 0 Å². The number of nitrogens with one attached hydrogen (secondary N) is 1. The minimum absolute atomic E-state index is 0.710. The van der Waals surface area contributed by atoms with E-state index in [4.69, 9.17) is 11.6 Å². The summed E-state index contributed by atoms with van der Waals surface area (Å²) in [5, 5.41) is 2.82. The molecule has 0 spiro atoms. The monoisotopic (exact) mass is 308 g/mol. The second-order valence-corrected chi connectivity index (χ2v) is 5.66. The van der Waals surface area contributed by atoms with Crippen LogP contribution in [0, 0.1) is 11.8 Å². The summed E-state index contributed by atoms with van der Waals surface area (Å²) in [6.07, 6.45) is 0.710. The fraction of sp³-hybridized carbons (Fsp3) is 0.158. The van der Waals surface area contributed by atoms with Gasteiger partial charge in [-0.05, 0) is 36.8 Å². The molecule has 0 bridgehead atoms. The number of benzene rings is 2. The molecule has 0 aliphatic carbocycles. The molecule has 2 aromatic carbocycles. The van der Waals surface area contributed by atoms with E-state index in [1.165, 1.54) is 5.57 Å². The highest BCUT2D eigenvalue weighted by Crippen LogP contribution is 2.28. The van der Waals surface area contributed by atoms with Gasteiger partial charge in [0.15, 0.2) is 0 Å². The molecule has 0 saturated carbocycles. The Morgan fingerprint density at radius 3 is 2.59 bits per heavy atom. The molecule has 110 valence electrons. The van der Waals surface area contributed by atoms with Gasteiger partial charge in [0.05, 0.1) is 23.7 Å². The number of halogens is 1. The topological polar surface area (TPSA) is 15.3 Å². The maximum atomic E-state index is 6.26. The fourth-order valence-electron chi connectivity index (χ4n) is 2.39. The maximum absolute atomic E-state index is 6.26. The predicted octanol–water partition coefficient (Wildman–Crippen LogP) is 4.38. The third-order valence-electron chi connectivity index (χ3n) is 3.60. The highest BCUT2D eigenvalue weighted by molar-refractivity contribution is 6.33. The molecule has 1 N–H and O–H groups in total. The third kappa shape index (κ3) is 3.27. The molecular formula is C19H17ClN2. The van der Waals surface area contributed by atoms with E-state index >= 15 is 0 Å². The van der Waals surface area contributed by atoms with Crippen LogP contribution in [0.4, 0.5) is 5.69 Å². The van der Waals surface area contributed by atoms with Crippen LogP contribution < -0.4 is 10.4 Å². The van der Waals surface area contributed by atoms with E-state index in [1.807, 2.05) is 54.6 Å². The Bertz CT molecular complexity index is 754. The van der Waals surface area contributed by atoms with Gasteiger partial charge in [0.1, 0.15) is 0 Å². The average molecular weight is 309 g/mol. The predicted molar refractivity (Wildman–Crippen MR) is 92.6 cm³/mol. The van der Waals surface area contributed by atoms with Gasteiger partial charge in [-0.3, -0.25) is 5.01 Å². The minimum atomic E-state index is 0.710. The lowest BCUT2D eigenvalue weighted by Gasteiger charge is -2.21. The maximum Gasteiger partial charge on any atom is 0.0761 e. The molecule has 22 heavy (non-hydrogen) atoms. The average Bonchev–Trinajstić information content (AvgIpc) is 2.90. The summed E-state index contributed by atoms with van der Waals surface area (Å²) in [5.74, 6) is 6.42. The van der Waals surface area contributed by atoms with Crippen molar-refractivity contribution in [2.75, 3.05) is 11.6 Å². The second-order valence-electron chi connectivity index (χ2n) is 5.25. The Hall–Kier alpha value is -2.37. The minimum Gasteiger partial charge on any atom is -0.301 e. The highest BCUT2D eigenvalue weighted by Gasteiger charge is 2.19. The van der Waals surface area contributed by atoms with Crippen LogP contribution in [-0.2, 0) is 0 Å². The van der Waals surface area contributed by atoms with Crippen LogP contribution in [0.3, 0.4) is 0 Å². The molecule has 0 fully saturated rings. The van der Waals surface area contributed by atoms with Crippen molar-refractivity contribution in [1.29, 1.82) is 0 Å². The summed E-state index contributed by atoms with van der Waals surface area (Å²) in [4.78, 5) is 0. The van der Waals surface area contributed by atoms with Crippen molar-refractivity contribution in [2.24, 2.45) is 0 Å². The van der Waals surface area contributed by atoms with Crippen LogP contribution in [-0.4, -0.2) is 6.54 Å². The zero-order valence-electron chi connectivity index (χ0n) is 12.4. The third-order valence-corrected chi connectivity index (χ3v) is 3.91. The first kappa shape index (κ1) is 14.6. The Morgan fingerprint density at radius 2 is 1.82 bits per heavy atom. The number of hydrazine groups is 1. The quantitative estimate of drug-likeness (QED) is 0.828. The lowest BCUT2D eigenvalue weighted by atomic mass is 10.2. The first-order valence-electron chi connectivity index (χ1n) is 7.25. The molecule has 3 heteroatoms. The van der Waals surface area contributed by atoms with E-state index in [9.17, 15) is 0 Å². The second kappa shape index (κ2) is 6.60. The molecule has 0 radical (unpaired) electrons. The van der Waals surface area contributed by atoms with Crippen molar-refractivity contribution in [2.45, 2.75) is 13.3 Å². The Labute approximate surface area is 136 Å². The number of hydrogen-bond acceptors (Lipinski definition) is 2. The van der Waals surface area contributed by atoms with Crippen molar-refractivity contribution in [1.82, 2.24) is 5.43 Å². The Morgan fingerprint density at radius 1 is 1.09 bits per heavy atom. The van der Waals surface area contributed by atoms with Gasteiger partial charge < -0.3 is 5.43 Å². The van der Waals surface area contributed by atoms with Crippen molar-refractivity contribution < 1.29 is 0 Å². The lowest BCUT2D eigenvalue weighted by molar-refractivity contribution is 0.792. The molecular weight excluding hydrogens is 292 g/mol. The highest BCUT2D eigenvalue weighted by atomic mass is 35.5. The molecule has 1 aliphatic rings. The van der Waals surface area contributed by atoms with E-state index in [-0.39, 0.29) is 0 Å². The van der Waals surface area contributed by atoms with Crippen molar-refractivity contribution >= 4 is 17.3 Å². The van der Waals surface area contributed by atoms with E-state index in [0.717, 1.165) is 28.5 Å². The van der Waals surface area contributed by atoms with Gasteiger partial charge >= 0.3 is 0 Å². The van der Waals surface area contributed by atoms with Gasteiger partial charge in [0.2, 0.25) is 0 Å². The molecule has 0 amide bonds. The molecule has 0 atom stereocenters. The summed E-state index contributed by atoms with van der Waals surface area (Å²) in [6, 6.07) is 17.9. The van der Waals surface area contributed by atoms with Crippen LogP contribution in [0.1, 0.15) is 18.9 Å². The smallest absolute Gasteiger partial charge is 0.0761 e. The molecule has 3 rings (SSSR count). The van der Waals surface area contributed by atoms with Crippen LogP contribution in [0.25, 0.3) is 0 Å². The van der Waals surface area contributed by atoms with Crippen molar-refractivity contribution in [3.63, 3.8) is 0 Å². The summed E-state index contributed by atoms with van der Waals surface area (Å²) in [5.41, 5.74) is 7.90. The molecule has 0 unspecified atom stereocenters. The molecule has 0 saturated heterocycles. The number of para-hydroxylation sites is 1. The summed E-state index contributed by atoms with van der Waals surface area (Å²) >= 11 is 6.26. The van der Waals surface area contributed by atoms with Gasteiger partial charge in [0.25, 0.3) is 0 Å². The Balaban J connectivity index is 1.68. The van der Waals surface area contributed by atoms with E-state index in [0.29, 0.717) is 6.42 Å². The number of hydrogen-bond donors (Lipinski definition) is 1. The van der Waals surface area contributed by atoms with Crippen LogP contribution in [0.2, 0.25) is 5.02 Å². The van der Waals surface area contributed by atoms with Gasteiger partial charge in [0, 0.05) is 11.3 Å². The summed E-state index contributed by atoms with van der Waals surface area (Å²) in [7, 11) is 0. The van der Waals surface area contributed by atoms with Gasteiger partial charge in [-0.15, -0.1) is 0 Å². The zero-order chi connectivity index (χ0) is 15.4. The largest absolute Gasteiger partial charge is 0.301 e. The lowest BCUT2D eigenvalue weighted by Crippen LogP contribution is -2.32. The normalized spacial score (nSPS) is 13.6. The number of allylic oxidation sites excluding steroid dienone is 1. The van der Waals surface area contributed by atoms with E-state index < -0.39 is 0 Å². The van der Waals surface area contributed by atoms with Gasteiger partial charge in [-0.2, -0.15) is 0 Å². The molecule has 2 aromatic rings. The Kier molecular flexibility index (Phi) is 4.37. The molecule has 0 aromatic heterocycles. The van der Waals surface area contributed by atoms with Crippen molar-refractivity contribution in [3.05, 3.63) is 76.5 Å². The number of nitrogens with zero attached hydrogens (tertiary/aromatic N) is 1. The van der Waals surface area contributed by atoms with Gasteiger partial charge in [-0.25, -0.2) is 0 Å². The number of rotatable bonds is 2.